The molecule has 5 nitrogen and oxygen atoms in total. The van der Waals surface area contributed by atoms with Gasteiger partial charge in [0.05, 0.1) is 10.2 Å². The number of nitrogens with zero attached hydrogens (tertiary/aromatic N) is 3. The number of fused-ring (bicyclic) bond motifs is 1. The number of thiazole rings is 1. The number of aryl methyl sites for hydroxylation is 2. The highest BCUT2D eigenvalue weighted by Gasteiger charge is 2.20. The molecular formula is C18H26N4OS. The highest BCUT2D eigenvalue weighted by Crippen LogP contribution is 2.32. The van der Waals surface area contributed by atoms with E-state index in [1.54, 1.807) is 11.3 Å². The zero-order chi connectivity index (χ0) is 17.1. The third-order valence-electron chi connectivity index (χ3n) is 4.53. The number of carbonyl (C=O) groups excluding carboxylic acids is 1. The predicted molar refractivity (Wildman–Crippen MR) is 101 cm³/mol. The van der Waals surface area contributed by atoms with Crippen LogP contribution >= 0.6 is 11.3 Å². The van der Waals surface area contributed by atoms with E-state index >= 15 is 0 Å². The first-order valence-corrected chi connectivity index (χ1v) is 9.50. The first-order chi connectivity index (χ1) is 11.6. The summed E-state index contributed by atoms with van der Waals surface area (Å²) >= 11 is 1.80. The maximum Gasteiger partial charge on any atom is 0.219 e. The van der Waals surface area contributed by atoms with E-state index in [-0.39, 0.29) is 5.91 Å². The number of benzene rings is 1. The molecule has 1 fully saturated rings. The fourth-order valence-corrected chi connectivity index (χ4v) is 4.33. The zero-order valence-corrected chi connectivity index (χ0v) is 15.6. The first-order valence-electron chi connectivity index (χ1n) is 8.68. The Labute approximate surface area is 147 Å². The summed E-state index contributed by atoms with van der Waals surface area (Å²) < 4.78 is 1.28. The van der Waals surface area contributed by atoms with Crippen LogP contribution in [0.15, 0.2) is 12.1 Å². The largest absolute Gasteiger partial charge is 0.355 e. The summed E-state index contributed by atoms with van der Waals surface area (Å²) in [5.74, 6) is 0.133. The van der Waals surface area contributed by atoms with Gasteiger partial charge in [0.1, 0.15) is 0 Å². The molecule has 24 heavy (non-hydrogen) atoms. The fourth-order valence-electron chi connectivity index (χ4n) is 3.14. The van der Waals surface area contributed by atoms with Crippen molar-refractivity contribution >= 4 is 32.6 Å². The molecule has 0 atom stereocenters. The Kier molecular flexibility index (Phi) is 5.36. The minimum atomic E-state index is 0.133. The minimum absolute atomic E-state index is 0.133. The number of nitrogens with one attached hydrogen (secondary N) is 1. The smallest absolute Gasteiger partial charge is 0.219 e. The molecule has 6 heteroatoms. The molecule has 1 saturated heterocycles. The average molecular weight is 347 g/mol. The molecule has 1 aliphatic heterocycles. The Morgan fingerprint density at radius 2 is 2.00 bits per heavy atom. The number of carbonyl (C=O) groups is 1. The van der Waals surface area contributed by atoms with E-state index < -0.39 is 0 Å². The van der Waals surface area contributed by atoms with E-state index in [0.29, 0.717) is 6.42 Å². The Balaban J connectivity index is 1.57. The number of hydrogen-bond donors (Lipinski definition) is 1. The summed E-state index contributed by atoms with van der Waals surface area (Å²) in [6.45, 7) is 11.9. The van der Waals surface area contributed by atoms with Crippen molar-refractivity contribution in [3.63, 3.8) is 0 Å². The number of piperazine rings is 1. The topological polar surface area (TPSA) is 48.5 Å². The van der Waals surface area contributed by atoms with E-state index in [1.165, 1.54) is 15.8 Å². The first kappa shape index (κ1) is 17.2. The Morgan fingerprint density at radius 1 is 1.25 bits per heavy atom. The van der Waals surface area contributed by atoms with Crippen LogP contribution in [0, 0.1) is 13.8 Å². The molecule has 2 aromatic rings. The number of hydrogen-bond acceptors (Lipinski definition) is 5. The van der Waals surface area contributed by atoms with Crippen molar-refractivity contribution in [3.8, 4) is 0 Å². The molecule has 0 radical (unpaired) electrons. The SMILES string of the molecule is CCC(=O)NCCN1CCN(c2nc3c(C)cc(C)cc3s2)CC1. The standard InChI is InChI=1S/C18H26N4OS/c1-4-16(23)19-5-6-21-7-9-22(10-8-21)18-20-17-14(3)11-13(2)12-15(17)24-18/h11-12H,4-10H2,1-3H3,(H,19,23). The second kappa shape index (κ2) is 7.49. The number of rotatable bonds is 5. The lowest BCUT2D eigenvalue weighted by molar-refractivity contribution is -0.120. The fraction of sp³-hybridized carbons (Fsp3) is 0.556. The maximum absolute atomic E-state index is 11.3. The van der Waals surface area contributed by atoms with Crippen molar-refractivity contribution in [3.05, 3.63) is 23.3 Å². The molecule has 1 aromatic carbocycles. The van der Waals surface area contributed by atoms with Crippen molar-refractivity contribution in [1.29, 1.82) is 0 Å². The van der Waals surface area contributed by atoms with Crippen molar-refractivity contribution < 1.29 is 4.79 Å². The molecule has 1 N–H and O–H groups in total. The second-order valence-electron chi connectivity index (χ2n) is 6.46. The Hall–Kier alpha value is -1.66. The lowest BCUT2D eigenvalue weighted by atomic mass is 10.1. The molecule has 0 saturated carbocycles. The lowest BCUT2D eigenvalue weighted by Gasteiger charge is -2.34. The maximum atomic E-state index is 11.3. The van der Waals surface area contributed by atoms with Crippen LogP contribution < -0.4 is 10.2 Å². The second-order valence-corrected chi connectivity index (χ2v) is 7.47. The van der Waals surface area contributed by atoms with Crippen molar-refractivity contribution in [2.45, 2.75) is 27.2 Å². The number of aromatic nitrogens is 1. The van der Waals surface area contributed by atoms with Gasteiger partial charge in [0.25, 0.3) is 0 Å². The summed E-state index contributed by atoms with van der Waals surface area (Å²) in [6.07, 6.45) is 0.560. The van der Waals surface area contributed by atoms with Crippen molar-refractivity contribution in [1.82, 2.24) is 15.2 Å². The van der Waals surface area contributed by atoms with Gasteiger partial charge in [-0.1, -0.05) is 24.3 Å². The molecule has 0 aliphatic carbocycles. The van der Waals surface area contributed by atoms with Crippen LogP contribution in [0.25, 0.3) is 10.2 Å². The average Bonchev–Trinajstić information content (AvgIpc) is 2.99. The van der Waals surface area contributed by atoms with Gasteiger partial charge in [-0.2, -0.15) is 0 Å². The van der Waals surface area contributed by atoms with Gasteiger partial charge in [0, 0.05) is 45.7 Å². The van der Waals surface area contributed by atoms with Crippen LogP contribution in [-0.2, 0) is 4.79 Å². The van der Waals surface area contributed by atoms with E-state index in [0.717, 1.165) is 49.9 Å². The van der Waals surface area contributed by atoms with Gasteiger partial charge in [-0.25, -0.2) is 4.98 Å². The summed E-state index contributed by atoms with van der Waals surface area (Å²) in [5.41, 5.74) is 3.71. The van der Waals surface area contributed by atoms with E-state index in [9.17, 15) is 4.79 Å². The van der Waals surface area contributed by atoms with Gasteiger partial charge in [0.15, 0.2) is 5.13 Å². The van der Waals surface area contributed by atoms with Gasteiger partial charge in [-0.3, -0.25) is 9.69 Å². The molecule has 0 bridgehead atoms. The summed E-state index contributed by atoms with van der Waals surface area (Å²) in [5, 5.41) is 4.08. The molecule has 1 amide bonds. The summed E-state index contributed by atoms with van der Waals surface area (Å²) in [6, 6.07) is 4.44. The number of anilines is 1. The molecule has 1 aliphatic rings. The van der Waals surface area contributed by atoms with Crippen LogP contribution in [-0.4, -0.2) is 55.1 Å². The minimum Gasteiger partial charge on any atom is -0.355 e. The van der Waals surface area contributed by atoms with Gasteiger partial charge in [-0.05, 0) is 31.0 Å². The van der Waals surface area contributed by atoms with Crippen molar-refractivity contribution in [2.24, 2.45) is 0 Å². The third kappa shape index (κ3) is 3.87. The summed E-state index contributed by atoms with van der Waals surface area (Å²) in [4.78, 5) is 21.0. The molecule has 0 unspecified atom stereocenters. The Morgan fingerprint density at radius 3 is 2.71 bits per heavy atom. The molecule has 0 spiro atoms. The highest BCUT2D eigenvalue weighted by atomic mass is 32.1. The van der Waals surface area contributed by atoms with Crippen LogP contribution in [0.1, 0.15) is 24.5 Å². The van der Waals surface area contributed by atoms with Gasteiger partial charge in [0.2, 0.25) is 5.91 Å². The van der Waals surface area contributed by atoms with Gasteiger partial charge < -0.3 is 10.2 Å². The lowest BCUT2D eigenvalue weighted by Crippen LogP contribution is -2.48. The Bertz CT molecular complexity index is 719. The quantitative estimate of drug-likeness (QED) is 0.904. The zero-order valence-electron chi connectivity index (χ0n) is 14.8. The van der Waals surface area contributed by atoms with E-state index in [2.05, 4.69) is 41.1 Å². The van der Waals surface area contributed by atoms with Crippen LogP contribution in [0.3, 0.4) is 0 Å². The van der Waals surface area contributed by atoms with Crippen LogP contribution in [0.2, 0.25) is 0 Å². The summed E-state index contributed by atoms with van der Waals surface area (Å²) in [7, 11) is 0. The van der Waals surface area contributed by atoms with Gasteiger partial charge in [-0.15, -0.1) is 0 Å². The molecule has 3 rings (SSSR count). The predicted octanol–water partition coefficient (Wildman–Crippen LogP) is 2.56. The molecular weight excluding hydrogens is 320 g/mol. The normalized spacial score (nSPS) is 15.9. The number of amides is 1. The highest BCUT2D eigenvalue weighted by molar-refractivity contribution is 7.22. The molecule has 2 heterocycles. The van der Waals surface area contributed by atoms with Gasteiger partial charge >= 0.3 is 0 Å². The van der Waals surface area contributed by atoms with Crippen LogP contribution in [0.5, 0.6) is 0 Å². The van der Waals surface area contributed by atoms with E-state index in [1.807, 2.05) is 6.92 Å². The molecule has 1 aromatic heterocycles. The van der Waals surface area contributed by atoms with Crippen LogP contribution in [0.4, 0.5) is 5.13 Å². The van der Waals surface area contributed by atoms with Crippen molar-refractivity contribution in [2.75, 3.05) is 44.2 Å². The molecule has 130 valence electrons. The van der Waals surface area contributed by atoms with E-state index in [4.69, 9.17) is 4.98 Å². The monoisotopic (exact) mass is 346 g/mol. The third-order valence-corrected chi connectivity index (χ3v) is 5.60.